The zero-order valence-corrected chi connectivity index (χ0v) is 25.3. The van der Waals surface area contributed by atoms with E-state index in [0.717, 1.165) is 44.9 Å². The second-order valence-electron chi connectivity index (χ2n) is 9.47. The molecule has 0 aliphatic heterocycles. The molecule has 0 aliphatic carbocycles. The molecule has 4 aromatic rings. The molecular formula is C35H34Br2O. The maximum absolute atomic E-state index is 7.18. The first-order valence-electron chi connectivity index (χ1n) is 13.1. The normalized spacial score (nSPS) is 12.2. The molecule has 0 fully saturated rings. The Morgan fingerprint density at radius 1 is 0.789 bits per heavy atom. The van der Waals surface area contributed by atoms with Crippen LogP contribution in [0.2, 0.25) is 0 Å². The van der Waals surface area contributed by atoms with E-state index in [1.54, 1.807) is 0 Å². The van der Waals surface area contributed by atoms with Gasteiger partial charge in [-0.05, 0) is 65.6 Å². The summed E-state index contributed by atoms with van der Waals surface area (Å²) in [6, 6.07) is 36.3. The molecule has 0 aliphatic rings. The highest BCUT2D eigenvalue weighted by Gasteiger charge is 2.37. The zero-order chi connectivity index (χ0) is 27.0. The van der Waals surface area contributed by atoms with E-state index in [1.165, 1.54) is 22.3 Å². The van der Waals surface area contributed by atoms with Gasteiger partial charge < -0.3 is 4.74 Å². The van der Waals surface area contributed by atoms with Crippen LogP contribution in [0, 0.1) is 0 Å². The van der Waals surface area contributed by atoms with E-state index in [0.29, 0.717) is 6.61 Å². The van der Waals surface area contributed by atoms with Crippen molar-refractivity contribution in [3.8, 4) is 0 Å². The van der Waals surface area contributed by atoms with E-state index in [4.69, 9.17) is 4.74 Å². The summed E-state index contributed by atoms with van der Waals surface area (Å²) >= 11 is 7.45. The van der Waals surface area contributed by atoms with Crippen LogP contribution >= 0.6 is 31.9 Å². The lowest BCUT2D eigenvalue weighted by Crippen LogP contribution is -2.33. The van der Waals surface area contributed by atoms with E-state index >= 15 is 0 Å². The molecule has 0 N–H and O–H groups in total. The van der Waals surface area contributed by atoms with Crippen LogP contribution in [-0.4, -0.2) is 0 Å². The van der Waals surface area contributed by atoms with E-state index in [2.05, 4.69) is 155 Å². The van der Waals surface area contributed by atoms with Crippen LogP contribution in [0.5, 0.6) is 0 Å². The van der Waals surface area contributed by atoms with Gasteiger partial charge >= 0.3 is 0 Å². The van der Waals surface area contributed by atoms with Gasteiger partial charge in [-0.25, -0.2) is 0 Å². The van der Waals surface area contributed by atoms with Crippen LogP contribution in [-0.2, 0) is 29.8 Å². The molecule has 0 saturated heterocycles. The number of hydrogen-bond acceptors (Lipinski definition) is 1. The van der Waals surface area contributed by atoms with Crippen LogP contribution in [0.1, 0.15) is 53.6 Å². The van der Waals surface area contributed by atoms with Crippen LogP contribution in [0.25, 0.3) is 0 Å². The lowest BCUT2D eigenvalue weighted by Gasteiger charge is -2.36. The van der Waals surface area contributed by atoms with Crippen molar-refractivity contribution in [3.63, 3.8) is 0 Å². The van der Waals surface area contributed by atoms with Gasteiger partial charge in [-0.2, -0.15) is 0 Å². The first-order valence-corrected chi connectivity index (χ1v) is 14.7. The smallest absolute Gasteiger partial charge is 0.144 e. The molecule has 194 valence electrons. The van der Waals surface area contributed by atoms with Gasteiger partial charge in [0.05, 0.1) is 6.61 Å². The fourth-order valence-electron chi connectivity index (χ4n) is 4.92. The summed E-state index contributed by atoms with van der Waals surface area (Å²) in [5, 5.41) is 0. The lowest BCUT2D eigenvalue weighted by atomic mass is 9.80. The molecule has 0 spiro atoms. The van der Waals surface area contributed by atoms with Gasteiger partial charge in [-0.1, -0.05) is 154 Å². The quantitative estimate of drug-likeness (QED) is 0.118. The van der Waals surface area contributed by atoms with Crippen molar-refractivity contribution in [1.29, 1.82) is 0 Å². The average molecular weight is 630 g/mol. The van der Waals surface area contributed by atoms with Crippen molar-refractivity contribution < 1.29 is 4.74 Å². The zero-order valence-electron chi connectivity index (χ0n) is 22.1. The standard InChI is InChI=1S/C35H34Br2O/c1-4-27-23-29(28(24-34(27)37)22-21-26(3)33(36)5-2)25-38-35(30-15-9-6-10-16-30,31-17-11-7-12-18-31)32-19-13-8-14-20-32/h5-20,23-24H,2,4,21-22,25H2,1,3H3/b33-26-. The van der Waals surface area contributed by atoms with Crippen molar-refractivity contribution in [2.45, 2.75) is 45.3 Å². The van der Waals surface area contributed by atoms with Crippen LogP contribution < -0.4 is 0 Å². The third-order valence-corrected chi connectivity index (χ3v) is 8.83. The molecular weight excluding hydrogens is 596 g/mol. The lowest BCUT2D eigenvalue weighted by molar-refractivity contribution is -0.000110. The monoisotopic (exact) mass is 628 g/mol. The Hall–Kier alpha value is -2.72. The summed E-state index contributed by atoms with van der Waals surface area (Å²) in [7, 11) is 0. The molecule has 0 radical (unpaired) electrons. The third-order valence-electron chi connectivity index (χ3n) is 7.09. The van der Waals surface area contributed by atoms with Crippen LogP contribution in [0.3, 0.4) is 0 Å². The Balaban J connectivity index is 1.82. The molecule has 4 rings (SSSR count). The molecule has 3 heteroatoms. The number of halogens is 2. The molecule has 38 heavy (non-hydrogen) atoms. The second-order valence-corrected chi connectivity index (χ2v) is 11.2. The van der Waals surface area contributed by atoms with E-state index in [1.807, 2.05) is 6.08 Å². The van der Waals surface area contributed by atoms with E-state index < -0.39 is 5.60 Å². The van der Waals surface area contributed by atoms with Crippen LogP contribution in [0.4, 0.5) is 0 Å². The molecule has 0 amide bonds. The highest BCUT2D eigenvalue weighted by atomic mass is 79.9. The first-order chi connectivity index (χ1) is 18.5. The Morgan fingerprint density at radius 2 is 1.29 bits per heavy atom. The molecule has 0 atom stereocenters. The molecule has 0 saturated carbocycles. The fraction of sp³-hybridized carbons (Fsp3) is 0.200. The highest BCUT2D eigenvalue weighted by Crippen LogP contribution is 2.41. The van der Waals surface area contributed by atoms with Gasteiger partial charge in [-0.15, -0.1) is 0 Å². The highest BCUT2D eigenvalue weighted by molar-refractivity contribution is 9.12. The summed E-state index contributed by atoms with van der Waals surface area (Å²) in [6.07, 6.45) is 4.68. The first kappa shape index (κ1) is 28.3. The molecule has 0 unspecified atom stereocenters. The minimum Gasteiger partial charge on any atom is -0.356 e. The number of rotatable bonds is 11. The summed E-state index contributed by atoms with van der Waals surface area (Å²) in [4.78, 5) is 0. The van der Waals surface area contributed by atoms with Gasteiger partial charge in [0.1, 0.15) is 5.60 Å². The van der Waals surface area contributed by atoms with Crippen LogP contribution in [0.15, 0.2) is 130 Å². The van der Waals surface area contributed by atoms with Crippen molar-refractivity contribution in [3.05, 3.63) is 164 Å². The Kier molecular flexibility index (Phi) is 9.96. The summed E-state index contributed by atoms with van der Waals surface area (Å²) in [5.74, 6) is 0. The predicted molar refractivity (Wildman–Crippen MR) is 168 cm³/mol. The minimum atomic E-state index is -0.748. The van der Waals surface area contributed by atoms with E-state index in [-0.39, 0.29) is 0 Å². The number of aryl methyl sites for hydroxylation is 2. The SMILES string of the molecule is C=C/C(Br)=C(\C)CCc1cc(Br)c(CC)cc1COC(c1ccccc1)(c1ccccc1)c1ccccc1. The molecule has 4 aromatic carbocycles. The van der Waals surface area contributed by atoms with Crippen molar-refractivity contribution in [2.75, 3.05) is 0 Å². The van der Waals surface area contributed by atoms with Gasteiger partial charge in [0, 0.05) is 8.96 Å². The number of benzene rings is 4. The molecule has 0 bridgehead atoms. The molecule has 0 heterocycles. The Morgan fingerprint density at radius 3 is 1.74 bits per heavy atom. The number of ether oxygens (including phenoxy) is 1. The molecule has 0 aromatic heterocycles. The topological polar surface area (TPSA) is 9.23 Å². The maximum Gasteiger partial charge on any atom is 0.144 e. The van der Waals surface area contributed by atoms with Crippen molar-refractivity contribution in [1.82, 2.24) is 0 Å². The summed E-state index contributed by atoms with van der Waals surface area (Å²) in [5.41, 5.74) is 7.68. The van der Waals surface area contributed by atoms with E-state index in [9.17, 15) is 0 Å². The number of allylic oxidation sites excluding steroid dienone is 3. The van der Waals surface area contributed by atoms with Crippen molar-refractivity contribution >= 4 is 31.9 Å². The summed E-state index contributed by atoms with van der Waals surface area (Å²) < 4.78 is 9.40. The van der Waals surface area contributed by atoms with Gasteiger partial charge in [0.25, 0.3) is 0 Å². The Bertz CT molecular complexity index is 1280. The maximum atomic E-state index is 7.18. The largest absolute Gasteiger partial charge is 0.356 e. The summed E-state index contributed by atoms with van der Waals surface area (Å²) in [6.45, 7) is 8.74. The average Bonchev–Trinajstić information content (AvgIpc) is 2.98. The van der Waals surface area contributed by atoms with Crippen molar-refractivity contribution in [2.24, 2.45) is 0 Å². The minimum absolute atomic E-state index is 0.486. The van der Waals surface area contributed by atoms with Gasteiger partial charge in [0.15, 0.2) is 0 Å². The second kappa shape index (κ2) is 13.4. The predicted octanol–water partition coefficient (Wildman–Crippen LogP) is 10.3. The Labute approximate surface area is 244 Å². The van der Waals surface area contributed by atoms with Gasteiger partial charge in [-0.3, -0.25) is 0 Å². The number of hydrogen-bond donors (Lipinski definition) is 0. The fourth-order valence-corrected chi connectivity index (χ4v) is 5.79. The van der Waals surface area contributed by atoms with Gasteiger partial charge in [0.2, 0.25) is 0 Å². The third kappa shape index (κ3) is 6.29. The molecule has 1 nitrogen and oxygen atoms in total.